The van der Waals surface area contributed by atoms with Crippen LogP contribution in [-0.2, 0) is 6.42 Å². The number of rotatable bonds is 2. The summed E-state index contributed by atoms with van der Waals surface area (Å²) in [6.07, 6.45) is 3.07. The van der Waals surface area contributed by atoms with Gasteiger partial charge in [-0.2, -0.15) is 0 Å². The van der Waals surface area contributed by atoms with E-state index in [0.717, 1.165) is 50.3 Å². The molecule has 1 fully saturated rings. The van der Waals surface area contributed by atoms with E-state index < -0.39 is 0 Å². The van der Waals surface area contributed by atoms with Crippen LogP contribution in [0, 0.1) is 12.8 Å². The molecule has 6 nitrogen and oxygen atoms in total. The highest BCUT2D eigenvalue weighted by Gasteiger charge is 2.31. The number of nitrogens with one attached hydrogen (secondary N) is 1. The molecule has 132 valence electrons. The first kappa shape index (κ1) is 16.3. The van der Waals surface area contributed by atoms with Crippen LogP contribution in [0.25, 0.3) is 0 Å². The smallest absolute Gasteiger partial charge is 0.280 e. The molecule has 6 heteroatoms. The standard InChI is InChI=1S/C19H25N5O/c1-13-11-15-5-3-4-6-17(15)23(12-13)19(25)18-14(2)24(22-21-18)16-7-9-20-10-8-16/h3-6,13,16,20H,7-12H2,1-2H3/t13-/m1/s1. The van der Waals surface area contributed by atoms with Crippen molar-refractivity contribution in [3.05, 3.63) is 41.2 Å². The van der Waals surface area contributed by atoms with Crippen LogP contribution < -0.4 is 10.2 Å². The minimum Gasteiger partial charge on any atom is -0.317 e. The third kappa shape index (κ3) is 2.95. The van der Waals surface area contributed by atoms with E-state index in [1.54, 1.807) is 0 Å². The van der Waals surface area contributed by atoms with E-state index in [4.69, 9.17) is 0 Å². The third-order valence-corrected chi connectivity index (χ3v) is 5.37. The van der Waals surface area contributed by atoms with Gasteiger partial charge in [-0.25, -0.2) is 4.68 Å². The molecular formula is C19H25N5O. The maximum absolute atomic E-state index is 13.2. The Kier molecular flexibility index (Phi) is 4.29. The lowest BCUT2D eigenvalue weighted by atomic mass is 9.93. The van der Waals surface area contributed by atoms with Crippen molar-refractivity contribution < 1.29 is 4.79 Å². The quantitative estimate of drug-likeness (QED) is 0.912. The fourth-order valence-corrected chi connectivity index (χ4v) is 4.05. The molecule has 3 heterocycles. The number of para-hydroxylation sites is 1. The highest BCUT2D eigenvalue weighted by molar-refractivity contribution is 6.06. The van der Waals surface area contributed by atoms with Crippen molar-refractivity contribution in [3.8, 4) is 0 Å². The van der Waals surface area contributed by atoms with Gasteiger partial charge in [0.25, 0.3) is 5.91 Å². The van der Waals surface area contributed by atoms with Gasteiger partial charge in [-0.1, -0.05) is 30.3 Å². The van der Waals surface area contributed by atoms with E-state index in [2.05, 4.69) is 28.6 Å². The number of carbonyl (C=O) groups excluding carboxylic acids is 1. The molecule has 0 aliphatic carbocycles. The van der Waals surface area contributed by atoms with Gasteiger partial charge >= 0.3 is 0 Å². The Hall–Kier alpha value is -2.21. The lowest BCUT2D eigenvalue weighted by Crippen LogP contribution is -2.39. The second-order valence-electron chi connectivity index (χ2n) is 7.30. The molecule has 4 rings (SSSR count). The normalized spacial score (nSPS) is 21.2. The van der Waals surface area contributed by atoms with Crippen LogP contribution in [-0.4, -0.2) is 40.5 Å². The minimum absolute atomic E-state index is 0.0308. The molecule has 25 heavy (non-hydrogen) atoms. The maximum Gasteiger partial charge on any atom is 0.280 e. The van der Waals surface area contributed by atoms with Crippen molar-refractivity contribution in [1.82, 2.24) is 20.3 Å². The number of piperidine rings is 1. The molecule has 2 aliphatic rings. The number of anilines is 1. The maximum atomic E-state index is 13.2. The van der Waals surface area contributed by atoms with Crippen LogP contribution >= 0.6 is 0 Å². The molecule has 0 spiro atoms. The van der Waals surface area contributed by atoms with Crippen LogP contribution in [0.15, 0.2) is 24.3 Å². The molecule has 2 aromatic rings. The number of benzene rings is 1. The van der Waals surface area contributed by atoms with E-state index in [1.807, 2.05) is 34.7 Å². The fourth-order valence-electron chi connectivity index (χ4n) is 4.05. The number of aromatic nitrogens is 3. The lowest BCUT2D eigenvalue weighted by molar-refractivity contribution is 0.0975. The Morgan fingerprint density at radius 3 is 2.80 bits per heavy atom. The number of fused-ring (bicyclic) bond motifs is 1. The lowest BCUT2D eigenvalue weighted by Gasteiger charge is -2.32. The van der Waals surface area contributed by atoms with Gasteiger partial charge in [-0.3, -0.25) is 4.79 Å². The van der Waals surface area contributed by atoms with E-state index in [1.165, 1.54) is 5.56 Å². The summed E-state index contributed by atoms with van der Waals surface area (Å²) in [5.74, 6) is 0.412. The zero-order valence-corrected chi connectivity index (χ0v) is 14.9. The Morgan fingerprint density at radius 2 is 2.00 bits per heavy atom. The van der Waals surface area contributed by atoms with Gasteiger partial charge < -0.3 is 10.2 Å². The third-order valence-electron chi connectivity index (χ3n) is 5.37. The average molecular weight is 339 g/mol. The molecule has 1 aromatic heterocycles. The molecule has 1 amide bonds. The Morgan fingerprint density at radius 1 is 1.24 bits per heavy atom. The molecule has 1 aromatic carbocycles. The summed E-state index contributed by atoms with van der Waals surface area (Å²) >= 11 is 0. The molecule has 0 saturated carbocycles. The van der Waals surface area contributed by atoms with Crippen molar-refractivity contribution in [2.45, 2.75) is 39.2 Å². The van der Waals surface area contributed by atoms with Gasteiger partial charge in [0.05, 0.1) is 11.7 Å². The van der Waals surface area contributed by atoms with Gasteiger partial charge in [0.15, 0.2) is 5.69 Å². The first-order valence-corrected chi connectivity index (χ1v) is 9.17. The fraction of sp³-hybridized carbons (Fsp3) is 0.526. The van der Waals surface area contributed by atoms with Crippen LogP contribution in [0.2, 0.25) is 0 Å². The molecule has 0 unspecified atom stereocenters. The van der Waals surface area contributed by atoms with Gasteiger partial charge in [0.1, 0.15) is 0 Å². The largest absolute Gasteiger partial charge is 0.317 e. The van der Waals surface area contributed by atoms with Crippen molar-refractivity contribution in [2.24, 2.45) is 5.92 Å². The van der Waals surface area contributed by atoms with E-state index in [9.17, 15) is 4.79 Å². The molecule has 0 bridgehead atoms. The summed E-state index contributed by atoms with van der Waals surface area (Å²) in [7, 11) is 0. The number of hydrogen-bond acceptors (Lipinski definition) is 4. The van der Waals surface area contributed by atoms with Crippen LogP contribution in [0.4, 0.5) is 5.69 Å². The molecule has 1 saturated heterocycles. The topological polar surface area (TPSA) is 63.1 Å². The van der Waals surface area contributed by atoms with E-state index >= 15 is 0 Å². The zero-order chi connectivity index (χ0) is 17.4. The summed E-state index contributed by atoms with van der Waals surface area (Å²) < 4.78 is 1.95. The number of carbonyl (C=O) groups is 1. The van der Waals surface area contributed by atoms with Crippen molar-refractivity contribution >= 4 is 11.6 Å². The predicted molar refractivity (Wildman–Crippen MR) is 96.9 cm³/mol. The number of amides is 1. The predicted octanol–water partition coefficient (Wildman–Crippen LogP) is 2.35. The molecular weight excluding hydrogens is 314 g/mol. The van der Waals surface area contributed by atoms with E-state index in [0.29, 0.717) is 17.7 Å². The summed E-state index contributed by atoms with van der Waals surface area (Å²) in [4.78, 5) is 15.1. The average Bonchev–Trinajstić information content (AvgIpc) is 3.02. The first-order valence-electron chi connectivity index (χ1n) is 9.17. The van der Waals surface area contributed by atoms with Gasteiger partial charge in [-0.15, -0.1) is 5.10 Å². The molecule has 1 N–H and O–H groups in total. The Labute approximate surface area is 148 Å². The van der Waals surface area contributed by atoms with E-state index in [-0.39, 0.29) is 5.91 Å². The summed E-state index contributed by atoms with van der Waals surface area (Å²) in [6.45, 7) is 6.87. The Balaban J connectivity index is 1.64. The summed E-state index contributed by atoms with van der Waals surface area (Å²) in [6, 6.07) is 8.52. The molecule has 2 aliphatic heterocycles. The second-order valence-corrected chi connectivity index (χ2v) is 7.30. The van der Waals surface area contributed by atoms with Crippen molar-refractivity contribution in [3.63, 3.8) is 0 Å². The zero-order valence-electron chi connectivity index (χ0n) is 14.9. The summed E-state index contributed by atoms with van der Waals surface area (Å²) in [5.41, 5.74) is 3.62. The number of hydrogen-bond donors (Lipinski definition) is 1. The highest BCUT2D eigenvalue weighted by Crippen LogP contribution is 2.31. The summed E-state index contributed by atoms with van der Waals surface area (Å²) in [5, 5.41) is 12.0. The van der Waals surface area contributed by atoms with Crippen LogP contribution in [0.5, 0.6) is 0 Å². The monoisotopic (exact) mass is 339 g/mol. The molecule has 1 atom stereocenters. The SMILES string of the molecule is Cc1c(C(=O)N2C[C@H](C)Cc3ccccc32)nnn1C1CCNCC1. The first-order chi connectivity index (χ1) is 12.1. The minimum atomic E-state index is -0.0308. The van der Waals surface area contributed by atoms with Crippen molar-refractivity contribution in [1.29, 1.82) is 0 Å². The van der Waals surface area contributed by atoms with Gasteiger partial charge in [0.2, 0.25) is 0 Å². The van der Waals surface area contributed by atoms with Crippen molar-refractivity contribution in [2.75, 3.05) is 24.5 Å². The molecule has 0 radical (unpaired) electrons. The second kappa shape index (κ2) is 6.59. The Bertz CT molecular complexity index is 778. The highest BCUT2D eigenvalue weighted by atomic mass is 16.2. The van der Waals surface area contributed by atoms with Crippen LogP contribution in [0.3, 0.4) is 0 Å². The van der Waals surface area contributed by atoms with Gasteiger partial charge in [-0.05, 0) is 56.8 Å². The number of nitrogens with zero attached hydrogens (tertiary/aromatic N) is 4. The van der Waals surface area contributed by atoms with Gasteiger partial charge in [0, 0.05) is 12.2 Å². The van der Waals surface area contributed by atoms with Crippen LogP contribution in [0.1, 0.15) is 47.6 Å².